The molecular weight excluding hydrogens is 384 g/mol. The van der Waals surface area contributed by atoms with Gasteiger partial charge in [-0.25, -0.2) is 20.5 Å². The van der Waals surface area contributed by atoms with Gasteiger partial charge in [-0.05, 0) is 41.8 Å². The van der Waals surface area contributed by atoms with Crippen molar-refractivity contribution in [3.8, 4) is 11.5 Å². The Morgan fingerprint density at radius 1 is 1.13 bits per heavy atom. The molecule has 1 aliphatic heterocycles. The van der Waals surface area contributed by atoms with E-state index in [9.17, 15) is 4.79 Å². The predicted octanol–water partition coefficient (Wildman–Crippen LogP) is 1.89. The van der Waals surface area contributed by atoms with E-state index in [1.807, 2.05) is 42.5 Å². The van der Waals surface area contributed by atoms with E-state index in [1.165, 1.54) is 6.33 Å². The van der Waals surface area contributed by atoms with Crippen LogP contribution in [0, 0.1) is 0 Å². The topological polar surface area (TPSA) is 102 Å². The molecule has 2 unspecified atom stereocenters. The van der Waals surface area contributed by atoms with Crippen molar-refractivity contribution in [1.29, 1.82) is 0 Å². The average molecular weight is 408 g/mol. The molecule has 2 atom stereocenters. The maximum Gasteiger partial charge on any atom is 0.242 e. The van der Waals surface area contributed by atoms with Gasteiger partial charge in [0, 0.05) is 11.7 Å². The van der Waals surface area contributed by atoms with Gasteiger partial charge < -0.3 is 14.8 Å². The van der Waals surface area contributed by atoms with Crippen molar-refractivity contribution in [3.63, 3.8) is 0 Å². The van der Waals surface area contributed by atoms with E-state index in [2.05, 4.69) is 26.3 Å². The highest BCUT2D eigenvalue weighted by Gasteiger charge is 2.30. The highest BCUT2D eigenvalue weighted by atomic mass is 16.5. The number of benzene rings is 2. The minimum atomic E-state index is -0.349. The molecule has 1 aliphatic rings. The zero-order valence-electron chi connectivity index (χ0n) is 16.8. The van der Waals surface area contributed by atoms with Crippen molar-refractivity contribution in [2.45, 2.75) is 25.0 Å². The van der Waals surface area contributed by atoms with Crippen molar-refractivity contribution >= 4 is 11.6 Å². The number of carbonyl (C=O) groups is 1. The van der Waals surface area contributed by atoms with Gasteiger partial charge >= 0.3 is 0 Å². The second-order valence-electron chi connectivity index (χ2n) is 7.02. The maximum absolute atomic E-state index is 12.7. The Labute approximate surface area is 174 Å². The van der Waals surface area contributed by atoms with E-state index in [1.54, 1.807) is 25.2 Å². The number of carbonyl (C=O) groups excluding carboxylic acids is 1. The van der Waals surface area contributed by atoms with Gasteiger partial charge in [-0.15, -0.1) is 0 Å². The summed E-state index contributed by atoms with van der Waals surface area (Å²) in [7, 11) is 3.21. The normalized spacial score (nSPS) is 18.2. The summed E-state index contributed by atoms with van der Waals surface area (Å²) in [4.78, 5) is 16.6. The van der Waals surface area contributed by atoms with Crippen LogP contribution in [-0.4, -0.2) is 40.9 Å². The van der Waals surface area contributed by atoms with Crippen LogP contribution in [0.15, 0.2) is 55.1 Å². The van der Waals surface area contributed by atoms with Gasteiger partial charge in [0.1, 0.15) is 18.7 Å². The molecule has 3 N–H and O–H groups in total. The van der Waals surface area contributed by atoms with Gasteiger partial charge in [-0.3, -0.25) is 4.79 Å². The summed E-state index contributed by atoms with van der Waals surface area (Å²) >= 11 is 0. The molecule has 0 bridgehead atoms. The monoisotopic (exact) mass is 408 g/mol. The third-order valence-electron chi connectivity index (χ3n) is 5.06. The Morgan fingerprint density at radius 2 is 1.93 bits per heavy atom. The first-order valence-electron chi connectivity index (χ1n) is 9.61. The molecule has 3 aromatic rings. The third kappa shape index (κ3) is 4.42. The molecule has 0 radical (unpaired) electrons. The zero-order valence-corrected chi connectivity index (χ0v) is 16.8. The lowest BCUT2D eigenvalue weighted by Gasteiger charge is -2.14. The van der Waals surface area contributed by atoms with Crippen LogP contribution in [0.5, 0.6) is 11.5 Å². The van der Waals surface area contributed by atoms with Crippen LogP contribution in [0.25, 0.3) is 0 Å². The summed E-state index contributed by atoms with van der Waals surface area (Å²) in [6.07, 6.45) is 3.79. The van der Waals surface area contributed by atoms with Crippen LogP contribution in [0.2, 0.25) is 0 Å². The number of hydrogen-bond acceptors (Lipinski definition) is 7. The molecule has 2 aromatic carbocycles. The summed E-state index contributed by atoms with van der Waals surface area (Å²) in [6, 6.07) is 13.1. The molecule has 0 aliphatic carbocycles. The summed E-state index contributed by atoms with van der Waals surface area (Å²) < 4.78 is 12.4. The second-order valence-corrected chi connectivity index (χ2v) is 7.02. The van der Waals surface area contributed by atoms with Crippen molar-refractivity contribution in [2.24, 2.45) is 0 Å². The Balaban J connectivity index is 1.34. The number of ether oxygens (including phenoxy) is 2. The highest BCUT2D eigenvalue weighted by molar-refractivity contribution is 5.95. The fourth-order valence-electron chi connectivity index (χ4n) is 3.44. The van der Waals surface area contributed by atoms with E-state index >= 15 is 0 Å². The van der Waals surface area contributed by atoms with Crippen LogP contribution >= 0.6 is 0 Å². The first kappa shape index (κ1) is 19.9. The number of rotatable bonds is 7. The quantitative estimate of drug-likeness (QED) is 0.549. The minimum absolute atomic E-state index is 0.00869. The van der Waals surface area contributed by atoms with Crippen LogP contribution in [0.3, 0.4) is 0 Å². The molecular formula is C21H24N6O3. The van der Waals surface area contributed by atoms with E-state index in [0.717, 1.165) is 16.8 Å². The molecule has 156 valence electrons. The first-order chi connectivity index (χ1) is 14.7. The minimum Gasteiger partial charge on any atom is -0.493 e. The smallest absolute Gasteiger partial charge is 0.242 e. The van der Waals surface area contributed by atoms with Gasteiger partial charge in [0.2, 0.25) is 5.91 Å². The second kappa shape index (κ2) is 8.93. The van der Waals surface area contributed by atoms with Crippen molar-refractivity contribution in [3.05, 3.63) is 66.2 Å². The van der Waals surface area contributed by atoms with E-state index < -0.39 is 0 Å². The molecule has 0 saturated carbocycles. The average Bonchev–Trinajstić information content (AvgIpc) is 3.47. The van der Waals surface area contributed by atoms with Crippen molar-refractivity contribution in [2.75, 3.05) is 19.5 Å². The lowest BCUT2D eigenvalue weighted by Crippen LogP contribution is -2.39. The number of aromatic nitrogens is 3. The first-order valence-corrected chi connectivity index (χ1v) is 9.61. The standard InChI is InChI=1S/C21H24N6O3/c1-29-19-8-5-15(9-20(19)30-2)17-10-18(26-25-17)21(28)24-16-6-3-14(4-7-16)11-27-13-22-12-23-27/h3-9,12-13,17-18,25-26H,10-11H2,1-2H3,(H,24,28). The van der Waals surface area contributed by atoms with Gasteiger partial charge in [-0.2, -0.15) is 5.10 Å². The molecule has 1 fully saturated rings. The summed E-state index contributed by atoms with van der Waals surface area (Å²) in [5.74, 6) is 1.25. The largest absolute Gasteiger partial charge is 0.493 e. The lowest BCUT2D eigenvalue weighted by atomic mass is 10.0. The molecule has 0 spiro atoms. The number of anilines is 1. The van der Waals surface area contributed by atoms with Crippen LogP contribution in [-0.2, 0) is 11.3 Å². The van der Waals surface area contributed by atoms with Crippen LogP contribution in [0.1, 0.15) is 23.6 Å². The SMILES string of the molecule is COc1ccc(C2CC(C(=O)Nc3ccc(Cn4cncn4)cc3)NN2)cc1OC. The summed E-state index contributed by atoms with van der Waals surface area (Å²) in [5, 5.41) is 7.05. The number of methoxy groups -OCH3 is 2. The van der Waals surface area contributed by atoms with E-state index in [4.69, 9.17) is 9.47 Å². The fourth-order valence-corrected chi connectivity index (χ4v) is 3.44. The molecule has 2 heterocycles. The molecule has 9 heteroatoms. The van der Waals surface area contributed by atoms with Gasteiger partial charge in [0.05, 0.1) is 20.8 Å². The molecule has 30 heavy (non-hydrogen) atoms. The number of nitrogens with one attached hydrogen (secondary N) is 3. The molecule has 9 nitrogen and oxygen atoms in total. The van der Waals surface area contributed by atoms with Gasteiger partial charge in [0.15, 0.2) is 11.5 Å². The van der Waals surface area contributed by atoms with Gasteiger partial charge in [-0.1, -0.05) is 18.2 Å². The van der Waals surface area contributed by atoms with Crippen LogP contribution < -0.4 is 25.6 Å². The maximum atomic E-state index is 12.7. The van der Waals surface area contributed by atoms with Crippen molar-refractivity contribution < 1.29 is 14.3 Å². The molecule has 1 amide bonds. The number of hydrazine groups is 1. The molecule has 4 rings (SSSR count). The van der Waals surface area contributed by atoms with E-state index in [0.29, 0.717) is 24.5 Å². The lowest BCUT2D eigenvalue weighted by molar-refractivity contribution is -0.117. The summed E-state index contributed by atoms with van der Waals surface area (Å²) in [6.45, 7) is 0.634. The fraction of sp³-hybridized carbons (Fsp3) is 0.286. The zero-order chi connectivity index (χ0) is 20.9. The number of hydrogen-bond donors (Lipinski definition) is 3. The number of amides is 1. The summed E-state index contributed by atoms with van der Waals surface area (Å²) in [5.41, 5.74) is 9.12. The van der Waals surface area contributed by atoms with Crippen LogP contribution in [0.4, 0.5) is 5.69 Å². The van der Waals surface area contributed by atoms with Crippen molar-refractivity contribution in [1.82, 2.24) is 25.6 Å². The predicted molar refractivity (Wildman–Crippen MR) is 111 cm³/mol. The van der Waals surface area contributed by atoms with E-state index in [-0.39, 0.29) is 18.0 Å². The highest BCUT2D eigenvalue weighted by Crippen LogP contribution is 2.32. The molecule has 1 aromatic heterocycles. The Morgan fingerprint density at radius 3 is 2.63 bits per heavy atom. The Bertz CT molecular complexity index is 990. The number of nitrogens with zero attached hydrogens (tertiary/aromatic N) is 3. The molecule has 1 saturated heterocycles. The third-order valence-corrected chi connectivity index (χ3v) is 5.06. The van der Waals surface area contributed by atoms with Gasteiger partial charge in [0.25, 0.3) is 0 Å². The Hall–Kier alpha value is -3.43. The Kier molecular flexibility index (Phi) is 5.92.